The Balaban J connectivity index is 1.93. The fraction of sp³-hybridized carbons (Fsp3) is 0.200. The molecule has 0 spiro atoms. The van der Waals surface area contributed by atoms with Gasteiger partial charge in [-0.05, 0) is 42.9 Å². The van der Waals surface area contributed by atoms with E-state index in [4.69, 9.17) is 12.2 Å². The summed E-state index contributed by atoms with van der Waals surface area (Å²) in [6.07, 6.45) is 2.06. The molecule has 2 aromatic carbocycles. The molecule has 0 aliphatic rings. The topological polar surface area (TPSA) is 186 Å². The van der Waals surface area contributed by atoms with Crippen LogP contribution in [0.15, 0.2) is 42.5 Å². The number of thiocarbonyl (C=S) groups is 1. The molecule has 3 amide bonds. The lowest BCUT2D eigenvalue weighted by Crippen LogP contribution is -2.48. The van der Waals surface area contributed by atoms with Gasteiger partial charge in [0.2, 0.25) is 5.91 Å². The first-order valence-corrected chi connectivity index (χ1v) is 10.3. The normalized spacial score (nSPS) is 10.0. The maximum Gasteiger partial charge on any atom is 0.277 e. The van der Waals surface area contributed by atoms with E-state index < -0.39 is 33.0 Å². The number of nitrogens with zero attached hydrogens (tertiary/aromatic N) is 2. The fourth-order valence-electron chi connectivity index (χ4n) is 2.60. The third kappa shape index (κ3) is 7.59. The van der Waals surface area contributed by atoms with E-state index in [2.05, 4.69) is 21.5 Å². The Morgan fingerprint density at radius 1 is 0.882 bits per heavy atom. The van der Waals surface area contributed by atoms with Crippen molar-refractivity contribution in [3.05, 3.63) is 73.8 Å². The second-order valence-corrected chi connectivity index (χ2v) is 7.25. The van der Waals surface area contributed by atoms with Gasteiger partial charge in [-0.2, -0.15) is 0 Å². The molecule has 13 nitrogen and oxygen atoms in total. The number of hydrazine groups is 1. The predicted octanol–water partition coefficient (Wildman–Crippen LogP) is 2.58. The van der Waals surface area contributed by atoms with Crippen LogP contribution in [0.1, 0.15) is 46.9 Å². The number of unbranched alkanes of at least 4 members (excludes halogenated alkanes) is 1. The number of nitro benzene ring substituents is 2. The number of rotatable bonds is 8. The molecule has 34 heavy (non-hydrogen) atoms. The predicted molar refractivity (Wildman–Crippen MR) is 125 cm³/mol. The first kappa shape index (κ1) is 25.8. The molecule has 0 bridgehead atoms. The highest BCUT2D eigenvalue weighted by molar-refractivity contribution is 7.80. The van der Waals surface area contributed by atoms with Gasteiger partial charge in [0.1, 0.15) is 0 Å². The number of nitrogens with one attached hydrogen (secondary N) is 4. The molecule has 0 atom stereocenters. The van der Waals surface area contributed by atoms with Crippen molar-refractivity contribution in [2.24, 2.45) is 0 Å². The lowest BCUT2D eigenvalue weighted by molar-refractivity contribution is -0.394. The van der Waals surface area contributed by atoms with Gasteiger partial charge < -0.3 is 5.32 Å². The number of anilines is 1. The first-order chi connectivity index (χ1) is 16.1. The van der Waals surface area contributed by atoms with Gasteiger partial charge in [0.15, 0.2) is 5.11 Å². The molecule has 0 fully saturated rings. The van der Waals surface area contributed by atoms with Crippen LogP contribution in [0.3, 0.4) is 0 Å². The summed E-state index contributed by atoms with van der Waals surface area (Å²) in [6.45, 7) is 1.98. The lowest BCUT2D eigenvalue weighted by Gasteiger charge is -2.11. The number of amides is 3. The van der Waals surface area contributed by atoms with E-state index in [1.54, 1.807) is 12.1 Å². The molecule has 4 N–H and O–H groups in total. The Morgan fingerprint density at radius 3 is 2.00 bits per heavy atom. The van der Waals surface area contributed by atoms with Crippen LogP contribution in [-0.4, -0.2) is 32.7 Å². The monoisotopic (exact) mass is 488 g/mol. The number of carbonyl (C=O) groups is 3. The number of benzene rings is 2. The number of non-ortho nitro benzene ring substituents is 2. The van der Waals surface area contributed by atoms with Crippen LogP contribution in [0.5, 0.6) is 0 Å². The molecule has 0 saturated heterocycles. The van der Waals surface area contributed by atoms with Crippen LogP contribution in [-0.2, 0) is 4.79 Å². The van der Waals surface area contributed by atoms with Crippen LogP contribution in [0.2, 0.25) is 0 Å². The third-order valence-corrected chi connectivity index (χ3v) is 4.50. The van der Waals surface area contributed by atoms with E-state index in [9.17, 15) is 34.6 Å². The van der Waals surface area contributed by atoms with E-state index in [0.717, 1.165) is 31.0 Å². The largest absolute Gasteiger partial charge is 0.326 e. The molecule has 14 heteroatoms. The quantitative estimate of drug-likeness (QED) is 0.246. The Morgan fingerprint density at radius 2 is 1.47 bits per heavy atom. The Labute approximate surface area is 198 Å². The van der Waals surface area contributed by atoms with Crippen LogP contribution in [0, 0.1) is 20.2 Å². The highest BCUT2D eigenvalue weighted by atomic mass is 32.1. The second-order valence-electron chi connectivity index (χ2n) is 6.84. The van der Waals surface area contributed by atoms with Crippen LogP contribution in [0.4, 0.5) is 17.1 Å². The van der Waals surface area contributed by atoms with Crippen molar-refractivity contribution >= 4 is 52.1 Å². The molecule has 0 aliphatic carbocycles. The van der Waals surface area contributed by atoms with Crippen molar-refractivity contribution < 1.29 is 24.2 Å². The Kier molecular flexibility index (Phi) is 9.08. The molecule has 0 aromatic heterocycles. The maximum atomic E-state index is 12.3. The van der Waals surface area contributed by atoms with E-state index in [-0.39, 0.29) is 22.1 Å². The van der Waals surface area contributed by atoms with Crippen molar-refractivity contribution in [3.63, 3.8) is 0 Å². The summed E-state index contributed by atoms with van der Waals surface area (Å²) in [6, 6.07) is 8.46. The number of hydrogen-bond acceptors (Lipinski definition) is 8. The molecular formula is C20H20N6O7S. The minimum Gasteiger partial charge on any atom is -0.326 e. The minimum absolute atomic E-state index is 0.129. The van der Waals surface area contributed by atoms with Gasteiger partial charge in [-0.25, -0.2) is 0 Å². The zero-order valence-corrected chi connectivity index (χ0v) is 18.6. The third-order valence-electron chi connectivity index (χ3n) is 4.29. The number of carbonyl (C=O) groups excluding carboxylic acids is 3. The average molecular weight is 488 g/mol. The molecule has 0 unspecified atom stereocenters. The maximum absolute atomic E-state index is 12.3. The van der Waals surface area contributed by atoms with Gasteiger partial charge in [0.05, 0.1) is 21.5 Å². The standard InChI is InChI=1S/C20H20N6O7S/c1-2-3-4-17(27)21-14-7-5-12(6-8-14)19(29)23-24-20(34)22-18(28)13-9-15(25(30)31)11-16(10-13)26(32)33/h5-11H,2-4H2,1H3,(H,21,27)(H,23,29)(H2,22,24,28,34). The van der Waals surface area contributed by atoms with Crippen molar-refractivity contribution in [1.29, 1.82) is 0 Å². The van der Waals surface area contributed by atoms with E-state index in [0.29, 0.717) is 12.1 Å². The van der Waals surface area contributed by atoms with Crippen LogP contribution in [0.25, 0.3) is 0 Å². The molecule has 0 saturated carbocycles. The van der Waals surface area contributed by atoms with Crippen molar-refractivity contribution in [1.82, 2.24) is 16.2 Å². The zero-order chi connectivity index (χ0) is 25.3. The Hall–Kier alpha value is -4.46. The zero-order valence-electron chi connectivity index (χ0n) is 17.8. The van der Waals surface area contributed by atoms with Crippen LogP contribution >= 0.6 is 12.2 Å². The van der Waals surface area contributed by atoms with E-state index >= 15 is 0 Å². The summed E-state index contributed by atoms with van der Waals surface area (Å²) in [7, 11) is 0. The highest BCUT2D eigenvalue weighted by Gasteiger charge is 2.20. The molecule has 0 aliphatic heterocycles. The average Bonchev–Trinajstić information content (AvgIpc) is 2.81. The molecule has 178 valence electrons. The SMILES string of the molecule is CCCCC(=O)Nc1ccc(C(=O)NNC(=S)NC(=O)c2cc([N+](=O)[O-])cc([N+](=O)[O-])c2)cc1. The second kappa shape index (κ2) is 12.0. The smallest absolute Gasteiger partial charge is 0.277 e. The van der Waals surface area contributed by atoms with Crippen molar-refractivity contribution in [2.75, 3.05) is 5.32 Å². The summed E-state index contributed by atoms with van der Waals surface area (Å²) >= 11 is 4.90. The van der Waals surface area contributed by atoms with Crippen molar-refractivity contribution in [3.8, 4) is 0 Å². The van der Waals surface area contributed by atoms with Gasteiger partial charge in [0, 0.05) is 29.8 Å². The van der Waals surface area contributed by atoms with Gasteiger partial charge in [-0.1, -0.05) is 13.3 Å². The molecule has 0 heterocycles. The van der Waals surface area contributed by atoms with Gasteiger partial charge in [-0.3, -0.25) is 50.8 Å². The Bertz CT molecular complexity index is 1100. The summed E-state index contributed by atoms with van der Waals surface area (Å²) in [5.74, 6) is -1.69. The van der Waals surface area contributed by atoms with E-state index in [1.165, 1.54) is 12.1 Å². The molecule has 0 radical (unpaired) electrons. The van der Waals surface area contributed by atoms with Gasteiger partial charge >= 0.3 is 0 Å². The fourth-order valence-corrected chi connectivity index (χ4v) is 2.74. The van der Waals surface area contributed by atoms with Gasteiger partial charge in [-0.15, -0.1) is 0 Å². The highest BCUT2D eigenvalue weighted by Crippen LogP contribution is 2.22. The minimum atomic E-state index is -0.957. The van der Waals surface area contributed by atoms with E-state index in [1.807, 2.05) is 6.92 Å². The first-order valence-electron chi connectivity index (χ1n) is 9.86. The van der Waals surface area contributed by atoms with Crippen molar-refractivity contribution in [2.45, 2.75) is 26.2 Å². The summed E-state index contributed by atoms with van der Waals surface area (Å²) in [5.41, 5.74) is 3.64. The number of hydrogen-bond donors (Lipinski definition) is 4. The lowest BCUT2D eigenvalue weighted by atomic mass is 10.1. The summed E-state index contributed by atoms with van der Waals surface area (Å²) in [5, 5.41) is 26.4. The van der Waals surface area contributed by atoms with Crippen LogP contribution < -0.4 is 21.5 Å². The number of nitro groups is 2. The molecule has 2 aromatic rings. The summed E-state index contributed by atoms with van der Waals surface area (Å²) < 4.78 is 0. The summed E-state index contributed by atoms with van der Waals surface area (Å²) in [4.78, 5) is 56.4. The molecular weight excluding hydrogens is 468 g/mol. The molecule has 2 rings (SSSR count). The van der Waals surface area contributed by atoms with Gasteiger partial charge in [0.25, 0.3) is 23.2 Å².